The number of furan rings is 1. The van der Waals surface area contributed by atoms with Crippen molar-refractivity contribution < 1.29 is 13.6 Å². The summed E-state index contributed by atoms with van der Waals surface area (Å²) in [5, 5.41) is 2.79. The number of carbonyl (C=O) groups excluding carboxylic acids is 1. The normalized spacial score (nSPS) is 12.1. The zero-order valence-corrected chi connectivity index (χ0v) is 12.8. The van der Waals surface area contributed by atoms with Crippen molar-refractivity contribution in [2.24, 2.45) is 7.05 Å². The minimum absolute atomic E-state index is 0.179. The number of aryl methyl sites for hydroxylation is 2. The molecular weight excluding hydrogens is 297 g/mol. The summed E-state index contributed by atoms with van der Waals surface area (Å²) in [4.78, 5) is 16.6. The number of nitrogens with zero attached hydrogens (tertiary/aromatic N) is 2. The number of imidazole rings is 1. The molecule has 0 aliphatic carbocycles. The fraction of sp³-hybridized carbons (Fsp3) is 0.176. The molecule has 3 rings (SSSR count). The maximum atomic E-state index is 14.2. The SMILES string of the molecule is Cc1ccc(C(=O)N[C@@H](c2ccccc2F)c2nccn2C)o1. The van der Waals surface area contributed by atoms with Crippen LogP contribution in [0, 0.1) is 12.7 Å². The molecule has 1 atom stereocenters. The van der Waals surface area contributed by atoms with E-state index < -0.39 is 17.8 Å². The molecule has 0 spiro atoms. The number of rotatable bonds is 4. The van der Waals surface area contributed by atoms with Gasteiger partial charge in [0.25, 0.3) is 5.91 Å². The number of halogens is 1. The summed E-state index contributed by atoms with van der Waals surface area (Å²) >= 11 is 0. The smallest absolute Gasteiger partial charge is 0.287 e. The summed E-state index contributed by atoms with van der Waals surface area (Å²) < 4.78 is 21.3. The average Bonchev–Trinajstić information content (AvgIpc) is 3.14. The van der Waals surface area contributed by atoms with Gasteiger partial charge in [0.15, 0.2) is 5.76 Å². The number of benzene rings is 1. The first-order chi connectivity index (χ1) is 11.1. The molecule has 0 aliphatic rings. The van der Waals surface area contributed by atoms with Crippen LogP contribution in [0.4, 0.5) is 4.39 Å². The van der Waals surface area contributed by atoms with Crippen LogP contribution in [-0.2, 0) is 7.05 Å². The number of aromatic nitrogens is 2. The molecule has 6 heteroatoms. The number of hydrogen-bond acceptors (Lipinski definition) is 3. The summed E-state index contributed by atoms with van der Waals surface area (Å²) in [6.07, 6.45) is 3.35. The molecule has 1 amide bonds. The average molecular weight is 313 g/mol. The zero-order valence-electron chi connectivity index (χ0n) is 12.8. The van der Waals surface area contributed by atoms with Crippen molar-refractivity contribution in [2.75, 3.05) is 0 Å². The molecule has 5 nitrogen and oxygen atoms in total. The molecule has 1 aromatic carbocycles. The van der Waals surface area contributed by atoms with E-state index in [1.165, 1.54) is 6.07 Å². The Bertz CT molecular complexity index is 838. The van der Waals surface area contributed by atoms with Crippen LogP contribution in [0.15, 0.2) is 53.2 Å². The van der Waals surface area contributed by atoms with Gasteiger partial charge in [-0.3, -0.25) is 4.79 Å². The molecular formula is C17H16FN3O2. The lowest BCUT2D eigenvalue weighted by atomic mass is 10.1. The third kappa shape index (κ3) is 3.01. The molecule has 2 aromatic heterocycles. The fourth-order valence-corrected chi connectivity index (χ4v) is 2.40. The lowest BCUT2D eigenvalue weighted by molar-refractivity contribution is 0.0911. The zero-order chi connectivity index (χ0) is 16.4. The van der Waals surface area contributed by atoms with Crippen molar-refractivity contribution in [3.05, 3.63) is 77.5 Å². The Hall–Kier alpha value is -2.89. The van der Waals surface area contributed by atoms with E-state index in [9.17, 15) is 9.18 Å². The highest BCUT2D eigenvalue weighted by Crippen LogP contribution is 2.23. The van der Waals surface area contributed by atoms with Crippen molar-refractivity contribution >= 4 is 5.91 Å². The molecule has 1 N–H and O–H groups in total. The Morgan fingerprint density at radius 2 is 2.09 bits per heavy atom. The van der Waals surface area contributed by atoms with Crippen molar-refractivity contribution in [2.45, 2.75) is 13.0 Å². The standard InChI is InChI=1S/C17H16FN3O2/c1-11-7-8-14(23-11)17(22)20-15(16-19-9-10-21(16)2)12-5-3-4-6-13(12)18/h3-10,15H,1-2H3,(H,20,22)/t15-/m0/s1. The Labute approximate surface area is 132 Å². The third-order valence-electron chi connectivity index (χ3n) is 3.57. The molecule has 0 bridgehead atoms. The molecule has 0 unspecified atom stereocenters. The second-order valence-electron chi connectivity index (χ2n) is 5.23. The number of carbonyl (C=O) groups is 1. The van der Waals surface area contributed by atoms with Gasteiger partial charge in [0.05, 0.1) is 0 Å². The number of amides is 1. The summed E-state index contributed by atoms with van der Waals surface area (Å²) in [7, 11) is 1.79. The van der Waals surface area contributed by atoms with Crippen molar-refractivity contribution in [1.82, 2.24) is 14.9 Å². The van der Waals surface area contributed by atoms with E-state index in [4.69, 9.17) is 4.42 Å². The Morgan fingerprint density at radius 1 is 1.30 bits per heavy atom. The highest BCUT2D eigenvalue weighted by atomic mass is 19.1. The maximum absolute atomic E-state index is 14.2. The molecule has 2 heterocycles. The van der Waals surface area contributed by atoms with Crippen LogP contribution in [-0.4, -0.2) is 15.5 Å². The maximum Gasteiger partial charge on any atom is 0.287 e. The van der Waals surface area contributed by atoms with Crippen molar-refractivity contribution in [3.63, 3.8) is 0 Å². The highest BCUT2D eigenvalue weighted by Gasteiger charge is 2.25. The molecule has 0 radical (unpaired) electrons. The van der Waals surface area contributed by atoms with Gasteiger partial charge in [-0.25, -0.2) is 9.37 Å². The molecule has 0 aliphatic heterocycles. The second-order valence-corrected chi connectivity index (χ2v) is 5.23. The summed E-state index contributed by atoms with van der Waals surface area (Å²) in [5.74, 6) is 0.519. The van der Waals surface area contributed by atoms with E-state index in [0.29, 0.717) is 17.1 Å². The second kappa shape index (κ2) is 6.08. The van der Waals surface area contributed by atoms with Crippen LogP contribution in [0.5, 0.6) is 0 Å². The first kappa shape index (κ1) is 15.0. The van der Waals surface area contributed by atoms with Crippen molar-refractivity contribution in [3.8, 4) is 0 Å². The van der Waals surface area contributed by atoms with E-state index in [1.807, 2.05) is 0 Å². The first-order valence-corrected chi connectivity index (χ1v) is 7.15. The van der Waals surface area contributed by atoms with Crippen LogP contribution in [0.25, 0.3) is 0 Å². The quantitative estimate of drug-likeness (QED) is 0.805. The van der Waals surface area contributed by atoms with Gasteiger partial charge >= 0.3 is 0 Å². The van der Waals surface area contributed by atoms with Gasteiger partial charge in [-0.15, -0.1) is 0 Å². The van der Waals surface area contributed by atoms with Gasteiger partial charge in [0.1, 0.15) is 23.4 Å². The summed E-state index contributed by atoms with van der Waals surface area (Å²) in [6, 6.07) is 8.88. The fourth-order valence-electron chi connectivity index (χ4n) is 2.40. The molecule has 118 valence electrons. The predicted molar refractivity (Wildman–Crippen MR) is 82.4 cm³/mol. The van der Waals surface area contributed by atoms with Crippen LogP contribution in [0.2, 0.25) is 0 Å². The lowest BCUT2D eigenvalue weighted by Crippen LogP contribution is -2.31. The van der Waals surface area contributed by atoms with Gasteiger partial charge in [-0.05, 0) is 25.1 Å². The summed E-state index contributed by atoms with van der Waals surface area (Å²) in [6.45, 7) is 1.75. The predicted octanol–water partition coefficient (Wildman–Crippen LogP) is 2.98. The third-order valence-corrected chi connectivity index (χ3v) is 3.57. The van der Waals surface area contributed by atoms with E-state index in [-0.39, 0.29) is 5.76 Å². The number of nitrogens with one attached hydrogen (secondary N) is 1. The van der Waals surface area contributed by atoms with E-state index in [2.05, 4.69) is 10.3 Å². The molecule has 3 aromatic rings. The Kier molecular flexibility index (Phi) is 3.97. The molecule has 0 fully saturated rings. The molecule has 23 heavy (non-hydrogen) atoms. The lowest BCUT2D eigenvalue weighted by Gasteiger charge is -2.19. The minimum Gasteiger partial charge on any atom is -0.456 e. The van der Waals surface area contributed by atoms with Gasteiger partial charge in [-0.1, -0.05) is 18.2 Å². The molecule has 0 saturated heterocycles. The molecule has 0 saturated carbocycles. The van der Waals surface area contributed by atoms with Crippen LogP contribution < -0.4 is 5.32 Å². The largest absolute Gasteiger partial charge is 0.456 e. The highest BCUT2D eigenvalue weighted by molar-refractivity contribution is 5.92. The van der Waals surface area contributed by atoms with E-state index in [1.54, 1.807) is 61.3 Å². The first-order valence-electron chi connectivity index (χ1n) is 7.15. The summed E-state index contributed by atoms with van der Waals surface area (Å²) in [5.41, 5.74) is 0.346. The van der Waals surface area contributed by atoms with Crippen LogP contribution >= 0.6 is 0 Å². The Morgan fingerprint density at radius 3 is 2.70 bits per heavy atom. The topological polar surface area (TPSA) is 60.1 Å². The monoisotopic (exact) mass is 313 g/mol. The van der Waals surface area contributed by atoms with Gasteiger partial charge in [0.2, 0.25) is 0 Å². The van der Waals surface area contributed by atoms with E-state index in [0.717, 1.165) is 0 Å². The van der Waals surface area contributed by atoms with Crippen molar-refractivity contribution in [1.29, 1.82) is 0 Å². The van der Waals surface area contributed by atoms with Gasteiger partial charge in [-0.2, -0.15) is 0 Å². The Balaban J connectivity index is 1.98. The van der Waals surface area contributed by atoms with E-state index >= 15 is 0 Å². The van der Waals surface area contributed by atoms with Crippen LogP contribution in [0.3, 0.4) is 0 Å². The van der Waals surface area contributed by atoms with Gasteiger partial charge in [0, 0.05) is 25.0 Å². The van der Waals surface area contributed by atoms with Gasteiger partial charge < -0.3 is 14.3 Å². The number of hydrogen-bond donors (Lipinski definition) is 1. The van der Waals surface area contributed by atoms with Crippen LogP contribution in [0.1, 0.15) is 33.7 Å². The minimum atomic E-state index is -0.714.